The number of fused-ring (bicyclic) bond motifs is 1. The first-order chi connectivity index (χ1) is 9.94. The maximum atomic E-state index is 12.3. The smallest absolute Gasteiger partial charge is 0.287 e. The first-order valence-corrected chi connectivity index (χ1v) is 7.96. The highest BCUT2D eigenvalue weighted by atomic mass is 32.2. The summed E-state index contributed by atoms with van der Waals surface area (Å²) >= 11 is 0. The molecule has 21 heavy (non-hydrogen) atoms. The molecule has 3 rings (SSSR count). The van der Waals surface area contributed by atoms with Gasteiger partial charge in [0.05, 0.1) is 12.1 Å². The third kappa shape index (κ3) is 2.11. The van der Waals surface area contributed by atoms with Gasteiger partial charge >= 0.3 is 0 Å². The molecule has 2 heterocycles. The van der Waals surface area contributed by atoms with Crippen molar-refractivity contribution in [2.45, 2.75) is 25.2 Å². The summed E-state index contributed by atoms with van der Waals surface area (Å²) in [6.07, 6.45) is 0.179. The Kier molecular flexibility index (Phi) is 3.05. The zero-order chi connectivity index (χ0) is 15.2. The summed E-state index contributed by atoms with van der Waals surface area (Å²) in [5.74, 6) is -0.239. The van der Waals surface area contributed by atoms with Crippen molar-refractivity contribution in [3.63, 3.8) is 0 Å². The second-order valence-electron chi connectivity index (χ2n) is 4.80. The highest BCUT2D eigenvalue weighted by molar-refractivity contribution is 7.90. The Morgan fingerprint density at radius 1 is 1.29 bits per heavy atom. The molecule has 0 N–H and O–H groups in total. The lowest BCUT2D eigenvalue weighted by Gasteiger charge is -2.31. The highest BCUT2D eigenvalue weighted by Crippen LogP contribution is 2.32. The van der Waals surface area contributed by atoms with Gasteiger partial charge in [0.1, 0.15) is 4.90 Å². The second kappa shape index (κ2) is 4.66. The van der Waals surface area contributed by atoms with E-state index in [1.54, 1.807) is 30.0 Å². The predicted molar refractivity (Wildman–Crippen MR) is 78.7 cm³/mol. The molecule has 0 aliphatic carbocycles. The Hall–Kier alpha value is -2.22. The van der Waals surface area contributed by atoms with Crippen molar-refractivity contribution in [1.29, 1.82) is 0 Å². The molecule has 2 aliphatic rings. The molecule has 1 aromatic carbocycles. The number of para-hydroxylation sites is 1. The third-order valence-electron chi connectivity index (χ3n) is 3.30. The summed E-state index contributed by atoms with van der Waals surface area (Å²) < 4.78 is 28.4. The molecule has 0 fully saturated rings. The maximum Gasteiger partial charge on any atom is 0.287 e. The predicted octanol–water partition coefficient (Wildman–Crippen LogP) is 1.18. The van der Waals surface area contributed by atoms with Gasteiger partial charge < -0.3 is 4.90 Å². The fourth-order valence-corrected chi connectivity index (χ4v) is 3.57. The number of carbonyl (C=O) groups is 1. The van der Waals surface area contributed by atoms with Crippen molar-refractivity contribution in [1.82, 2.24) is 5.01 Å². The van der Waals surface area contributed by atoms with E-state index in [-0.39, 0.29) is 23.2 Å². The summed E-state index contributed by atoms with van der Waals surface area (Å²) in [6.45, 7) is 4.06. The van der Waals surface area contributed by atoms with Gasteiger partial charge in [0.15, 0.2) is 0 Å². The highest BCUT2D eigenvalue weighted by Gasteiger charge is 2.37. The molecular formula is C13H14N4O3S. The first-order valence-electron chi connectivity index (χ1n) is 6.52. The fourth-order valence-electron chi connectivity index (χ4n) is 2.39. The molecule has 1 aromatic rings. The first kappa shape index (κ1) is 13.7. The van der Waals surface area contributed by atoms with Gasteiger partial charge in [0.2, 0.25) is 5.96 Å². The molecule has 0 saturated carbocycles. The standard InChI is InChI=1S/C13H14N4O3S/c1-3-16-10-6-4-5-7-11(10)21(19,20)15-13(16)17-12(18)8-9(2)14-17/h4-7H,3,8H2,1-2H3. The van der Waals surface area contributed by atoms with Crippen LogP contribution in [0.25, 0.3) is 0 Å². The molecule has 0 spiro atoms. The Morgan fingerprint density at radius 3 is 2.62 bits per heavy atom. The minimum atomic E-state index is -3.83. The third-order valence-corrected chi connectivity index (χ3v) is 4.60. The minimum Gasteiger partial charge on any atom is -0.309 e. The molecule has 8 heteroatoms. The van der Waals surface area contributed by atoms with Crippen LogP contribution in [0.3, 0.4) is 0 Å². The van der Waals surface area contributed by atoms with Crippen LogP contribution in [0.2, 0.25) is 0 Å². The molecule has 0 aromatic heterocycles. The Labute approximate surface area is 122 Å². The van der Waals surface area contributed by atoms with Crippen LogP contribution in [0.1, 0.15) is 20.3 Å². The SMILES string of the molecule is CCN1C(N2N=C(C)CC2=O)=NS(=O)(=O)c2ccccc21. The van der Waals surface area contributed by atoms with Gasteiger partial charge in [0, 0.05) is 12.3 Å². The van der Waals surface area contributed by atoms with E-state index in [2.05, 4.69) is 9.50 Å². The number of anilines is 1. The summed E-state index contributed by atoms with van der Waals surface area (Å²) in [5, 5.41) is 5.17. The molecule has 0 radical (unpaired) electrons. The number of hydrogen-bond donors (Lipinski definition) is 0. The molecule has 0 atom stereocenters. The van der Waals surface area contributed by atoms with Crippen molar-refractivity contribution >= 4 is 33.3 Å². The summed E-state index contributed by atoms with van der Waals surface area (Å²) in [7, 11) is -3.83. The topological polar surface area (TPSA) is 82.4 Å². The molecule has 2 aliphatic heterocycles. The Bertz CT molecular complexity index is 782. The van der Waals surface area contributed by atoms with Crippen LogP contribution in [-0.4, -0.2) is 37.5 Å². The van der Waals surface area contributed by atoms with Crippen LogP contribution in [0.5, 0.6) is 0 Å². The summed E-state index contributed by atoms with van der Waals surface area (Å²) in [6, 6.07) is 6.60. The number of hydrazone groups is 1. The molecule has 7 nitrogen and oxygen atoms in total. The zero-order valence-corrected chi connectivity index (χ0v) is 12.5. The molecule has 1 amide bonds. The lowest BCUT2D eigenvalue weighted by atomic mass is 10.3. The largest absolute Gasteiger partial charge is 0.309 e. The normalized spacial score (nSPS) is 20.2. The van der Waals surface area contributed by atoms with E-state index in [4.69, 9.17) is 0 Å². The Morgan fingerprint density at radius 2 is 2.00 bits per heavy atom. The number of nitrogens with zero attached hydrogens (tertiary/aromatic N) is 4. The van der Waals surface area contributed by atoms with Crippen LogP contribution in [0, 0.1) is 0 Å². The number of carbonyl (C=O) groups excluding carboxylic acids is 1. The molecule has 0 saturated heterocycles. The van der Waals surface area contributed by atoms with Gasteiger partial charge in [-0.1, -0.05) is 12.1 Å². The fraction of sp³-hybridized carbons (Fsp3) is 0.308. The van der Waals surface area contributed by atoms with Crippen LogP contribution in [-0.2, 0) is 14.8 Å². The van der Waals surface area contributed by atoms with Crippen molar-refractivity contribution in [3.05, 3.63) is 24.3 Å². The zero-order valence-electron chi connectivity index (χ0n) is 11.6. The number of rotatable bonds is 1. The van der Waals surface area contributed by atoms with Crippen LogP contribution in [0.15, 0.2) is 38.7 Å². The summed E-state index contributed by atoms with van der Waals surface area (Å²) in [4.78, 5) is 13.8. The average Bonchev–Trinajstić information content (AvgIpc) is 2.77. The van der Waals surface area contributed by atoms with E-state index in [9.17, 15) is 13.2 Å². The van der Waals surface area contributed by atoms with E-state index in [0.29, 0.717) is 17.9 Å². The van der Waals surface area contributed by atoms with E-state index in [1.165, 1.54) is 6.07 Å². The molecular weight excluding hydrogens is 292 g/mol. The Balaban J connectivity index is 2.18. The van der Waals surface area contributed by atoms with Crippen LogP contribution >= 0.6 is 0 Å². The quantitative estimate of drug-likeness (QED) is 0.780. The van der Waals surface area contributed by atoms with Crippen LogP contribution in [0.4, 0.5) is 5.69 Å². The van der Waals surface area contributed by atoms with E-state index in [0.717, 1.165) is 5.01 Å². The average molecular weight is 306 g/mol. The van der Waals surface area contributed by atoms with Crippen molar-refractivity contribution in [2.24, 2.45) is 9.50 Å². The monoisotopic (exact) mass is 306 g/mol. The number of sulfonamides is 1. The van der Waals surface area contributed by atoms with Gasteiger partial charge in [-0.25, -0.2) is 0 Å². The van der Waals surface area contributed by atoms with Crippen molar-refractivity contribution < 1.29 is 13.2 Å². The van der Waals surface area contributed by atoms with Crippen molar-refractivity contribution in [3.8, 4) is 0 Å². The van der Waals surface area contributed by atoms with Crippen molar-refractivity contribution in [2.75, 3.05) is 11.4 Å². The number of amides is 1. The lowest BCUT2D eigenvalue weighted by molar-refractivity contribution is -0.125. The van der Waals surface area contributed by atoms with Crippen LogP contribution < -0.4 is 4.90 Å². The van der Waals surface area contributed by atoms with Gasteiger partial charge in [-0.3, -0.25) is 4.79 Å². The van der Waals surface area contributed by atoms with Gasteiger partial charge in [0.25, 0.3) is 15.9 Å². The van der Waals surface area contributed by atoms with E-state index >= 15 is 0 Å². The van der Waals surface area contributed by atoms with E-state index in [1.807, 2.05) is 6.92 Å². The van der Waals surface area contributed by atoms with Gasteiger partial charge in [-0.15, -0.1) is 4.40 Å². The minimum absolute atomic E-state index is 0.0399. The molecule has 0 unspecified atom stereocenters. The number of benzene rings is 1. The lowest BCUT2D eigenvalue weighted by Crippen LogP contribution is -2.46. The summed E-state index contributed by atoms with van der Waals surface area (Å²) in [5.41, 5.74) is 1.15. The number of guanidine groups is 1. The maximum absolute atomic E-state index is 12.3. The van der Waals surface area contributed by atoms with E-state index < -0.39 is 10.0 Å². The van der Waals surface area contributed by atoms with Gasteiger partial charge in [-0.2, -0.15) is 18.5 Å². The van der Waals surface area contributed by atoms with Gasteiger partial charge in [-0.05, 0) is 26.0 Å². The molecule has 110 valence electrons. The second-order valence-corrected chi connectivity index (χ2v) is 6.37. The molecule has 0 bridgehead atoms. The number of hydrogen-bond acceptors (Lipinski definition) is 5.